The van der Waals surface area contributed by atoms with Gasteiger partial charge in [-0.1, -0.05) is 0 Å². The summed E-state index contributed by atoms with van der Waals surface area (Å²) in [5.41, 5.74) is 0. The molecule has 0 aromatic carbocycles. The molecule has 0 spiro atoms. The van der Waals surface area contributed by atoms with Crippen molar-refractivity contribution in [2.75, 3.05) is 25.5 Å². The average molecular weight is 253 g/mol. The average Bonchev–Trinajstić information content (AvgIpc) is 2.62. The van der Waals surface area contributed by atoms with E-state index in [0.29, 0.717) is 11.7 Å². The Morgan fingerprint density at radius 1 is 1.50 bits per heavy atom. The van der Waals surface area contributed by atoms with E-state index in [-0.39, 0.29) is 6.54 Å². The van der Waals surface area contributed by atoms with E-state index >= 15 is 0 Å². The normalized spacial score (nSPS) is 11.8. The van der Waals surface area contributed by atoms with Crippen LogP contribution in [0.2, 0.25) is 0 Å². The highest BCUT2D eigenvalue weighted by atomic mass is 32.1. The molecule has 0 amide bonds. The third-order valence-corrected chi connectivity index (χ3v) is 3.06. The van der Waals surface area contributed by atoms with Crippen molar-refractivity contribution < 1.29 is 13.2 Å². The molecule has 92 valence electrons. The Labute approximate surface area is 96.3 Å². The van der Waals surface area contributed by atoms with Crippen molar-refractivity contribution in [1.29, 1.82) is 0 Å². The molecule has 0 aliphatic rings. The molecule has 0 unspecified atom stereocenters. The molecule has 1 rings (SSSR count). The summed E-state index contributed by atoms with van der Waals surface area (Å²) in [5, 5.41) is 3.58. The van der Waals surface area contributed by atoms with Gasteiger partial charge in [0.25, 0.3) is 0 Å². The molecule has 0 atom stereocenters. The maximum atomic E-state index is 12.0. The lowest BCUT2D eigenvalue weighted by Crippen LogP contribution is -2.23. The molecule has 0 bridgehead atoms. The third-order valence-electron chi connectivity index (χ3n) is 1.95. The van der Waals surface area contributed by atoms with Gasteiger partial charge >= 0.3 is 6.18 Å². The molecule has 3 nitrogen and oxygen atoms in total. The number of aromatic nitrogens is 1. The van der Waals surface area contributed by atoms with Crippen molar-refractivity contribution in [2.45, 2.75) is 19.1 Å². The highest BCUT2D eigenvalue weighted by Gasteiger charge is 2.27. The topological polar surface area (TPSA) is 28.2 Å². The highest BCUT2D eigenvalue weighted by Crippen LogP contribution is 2.24. The Morgan fingerprint density at radius 3 is 2.75 bits per heavy atom. The molecule has 1 aromatic rings. The fourth-order valence-corrected chi connectivity index (χ4v) is 2.03. The van der Waals surface area contributed by atoms with Gasteiger partial charge in [0.15, 0.2) is 5.13 Å². The second-order valence-electron chi connectivity index (χ2n) is 3.43. The first-order valence-corrected chi connectivity index (χ1v) is 5.61. The third kappa shape index (κ3) is 4.36. The summed E-state index contributed by atoms with van der Waals surface area (Å²) >= 11 is 1.40. The number of anilines is 1. The molecule has 1 aromatic heterocycles. The first-order valence-electron chi connectivity index (χ1n) is 4.79. The molecule has 0 fully saturated rings. The molecule has 1 heterocycles. The molecule has 7 heteroatoms. The van der Waals surface area contributed by atoms with Gasteiger partial charge in [-0.25, -0.2) is 4.98 Å². The van der Waals surface area contributed by atoms with Crippen LogP contribution in [0.25, 0.3) is 0 Å². The Hall–Kier alpha value is -0.820. The lowest BCUT2D eigenvalue weighted by Gasteiger charge is -2.16. The number of nitrogens with zero attached hydrogens (tertiary/aromatic N) is 2. The SMILES string of the molecule is CNCc1cnc(N(C)CCC(F)(F)F)s1. The van der Waals surface area contributed by atoms with Crippen molar-refractivity contribution in [3.63, 3.8) is 0 Å². The first-order chi connectivity index (χ1) is 7.42. The number of thiazole rings is 1. The van der Waals surface area contributed by atoms with E-state index in [0.717, 1.165) is 4.88 Å². The van der Waals surface area contributed by atoms with Gasteiger partial charge in [0.1, 0.15) is 0 Å². The van der Waals surface area contributed by atoms with E-state index in [4.69, 9.17) is 0 Å². The first kappa shape index (κ1) is 13.2. The molecular weight excluding hydrogens is 239 g/mol. The summed E-state index contributed by atoms with van der Waals surface area (Å²) in [4.78, 5) is 6.61. The fourth-order valence-electron chi connectivity index (χ4n) is 1.12. The molecule has 0 saturated heterocycles. The Bertz CT molecular complexity index is 324. The summed E-state index contributed by atoms with van der Waals surface area (Å²) in [6.07, 6.45) is -3.25. The van der Waals surface area contributed by atoms with E-state index in [1.54, 1.807) is 13.2 Å². The summed E-state index contributed by atoms with van der Waals surface area (Å²) in [6.45, 7) is 0.626. The predicted octanol–water partition coefficient (Wildman–Crippen LogP) is 2.25. The van der Waals surface area contributed by atoms with Crippen molar-refractivity contribution in [2.24, 2.45) is 0 Å². The zero-order valence-electron chi connectivity index (χ0n) is 9.14. The minimum Gasteiger partial charge on any atom is -0.351 e. The fraction of sp³-hybridized carbons (Fsp3) is 0.667. The Kier molecular flexibility index (Phi) is 4.55. The number of alkyl halides is 3. The van der Waals surface area contributed by atoms with E-state index in [1.165, 1.54) is 16.2 Å². The maximum absolute atomic E-state index is 12.0. The second kappa shape index (κ2) is 5.49. The molecule has 16 heavy (non-hydrogen) atoms. The van der Waals surface area contributed by atoms with Crippen LogP contribution in [0.5, 0.6) is 0 Å². The van der Waals surface area contributed by atoms with Crippen LogP contribution in [-0.2, 0) is 6.54 Å². The largest absolute Gasteiger partial charge is 0.390 e. The standard InChI is InChI=1S/C9H14F3N3S/c1-13-5-7-6-14-8(16-7)15(2)4-3-9(10,11)12/h6,13H,3-5H2,1-2H3. The van der Waals surface area contributed by atoms with Crippen molar-refractivity contribution >= 4 is 16.5 Å². The smallest absolute Gasteiger partial charge is 0.351 e. The van der Waals surface area contributed by atoms with Gasteiger partial charge in [0.2, 0.25) is 0 Å². The van der Waals surface area contributed by atoms with Gasteiger partial charge in [-0.15, -0.1) is 11.3 Å². The summed E-state index contributed by atoms with van der Waals surface area (Å²) in [6, 6.07) is 0. The van der Waals surface area contributed by atoms with E-state index in [9.17, 15) is 13.2 Å². The number of nitrogens with one attached hydrogen (secondary N) is 1. The van der Waals surface area contributed by atoms with Gasteiger partial charge in [-0.05, 0) is 7.05 Å². The number of hydrogen-bond donors (Lipinski definition) is 1. The van der Waals surface area contributed by atoms with E-state index in [2.05, 4.69) is 10.3 Å². The minimum atomic E-state index is -4.11. The molecular formula is C9H14F3N3S. The van der Waals surface area contributed by atoms with Crippen LogP contribution in [0, 0.1) is 0 Å². The van der Waals surface area contributed by atoms with Crippen molar-refractivity contribution in [3.05, 3.63) is 11.1 Å². The second-order valence-corrected chi connectivity index (χ2v) is 4.52. The van der Waals surface area contributed by atoms with Crippen LogP contribution < -0.4 is 10.2 Å². The number of halogens is 3. The zero-order chi connectivity index (χ0) is 12.2. The number of hydrogen-bond acceptors (Lipinski definition) is 4. The summed E-state index contributed by atoms with van der Waals surface area (Å²) < 4.78 is 36.0. The van der Waals surface area contributed by atoms with Gasteiger partial charge in [0.05, 0.1) is 6.42 Å². The van der Waals surface area contributed by atoms with Gasteiger partial charge < -0.3 is 10.2 Å². The lowest BCUT2D eigenvalue weighted by atomic mass is 10.4. The van der Waals surface area contributed by atoms with Crippen molar-refractivity contribution in [3.8, 4) is 0 Å². The molecule has 0 saturated carbocycles. The molecule has 1 N–H and O–H groups in total. The van der Waals surface area contributed by atoms with Crippen LogP contribution >= 0.6 is 11.3 Å². The quantitative estimate of drug-likeness (QED) is 0.872. The van der Waals surface area contributed by atoms with Crippen LogP contribution in [0.1, 0.15) is 11.3 Å². The van der Waals surface area contributed by atoms with Gasteiger partial charge in [-0.3, -0.25) is 0 Å². The van der Waals surface area contributed by atoms with Gasteiger partial charge in [-0.2, -0.15) is 13.2 Å². The summed E-state index contributed by atoms with van der Waals surface area (Å²) in [7, 11) is 3.43. The summed E-state index contributed by atoms with van der Waals surface area (Å²) in [5.74, 6) is 0. The Morgan fingerprint density at radius 2 is 2.19 bits per heavy atom. The van der Waals surface area contributed by atoms with E-state index in [1.807, 2.05) is 7.05 Å². The lowest BCUT2D eigenvalue weighted by molar-refractivity contribution is -0.132. The Balaban J connectivity index is 2.49. The molecule has 0 radical (unpaired) electrons. The van der Waals surface area contributed by atoms with Crippen LogP contribution in [-0.4, -0.2) is 31.8 Å². The monoisotopic (exact) mass is 253 g/mol. The molecule has 0 aliphatic heterocycles. The van der Waals surface area contributed by atoms with Gasteiger partial charge in [0, 0.05) is 31.2 Å². The molecule has 0 aliphatic carbocycles. The number of rotatable bonds is 5. The predicted molar refractivity (Wildman–Crippen MR) is 58.8 cm³/mol. The van der Waals surface area contributed by atoms with E-state index < -0.39 is 12.6 Å². The zero-order valence-corrected chi connectivity index (χ0v) is 9.95. The maximum Gasteiger partial charge on any atom is 0.390 e. The van der Waals surface area contributed by atoms with Crippen LogP contribution in [0.15, 0.2) is 6.20 Å². The minimum absolute atomic E-state index is 0.0595. The van der Waals surface area contributed by atoms with Crippen molar-refractivity contribution in [1.82, 2.24) is 10.3 Å². The highest BCUT2D eigenvalue weighted by molar-refractivity contribution is 7.15. The van der Waals surface area contributed by atoms with Crippen LogP contribution in [0.3, 0.4) is 0 Å². The van der Waals surface area contributed by atoms with Crippen LogP contribution in [0.4, 0.5) is 18.3 Å².